The van der Waals surface area contributed by atoms with Crippen LogP contribution in [-0.4, -0.2) is 38.9 Å². The molecule has 1 aliphatic rings. The lowest BCUT2D eigenvalue weighted by Crippen LogP contribution is -2.45. The van der Waals surface area contributed by atoms with Crippen molar-refractivity contribution in [3.63, 3.8) is 0 Å². The number of rotatable bonds is 4. The monoisotopic (exact) mass is 458 g/mol. The summed E-state index contributed by atoms with van der Waals surface area (Å²) in [5, 5.41) is 4.04. The van der Waals surface area contributed by atoms with Crippen molar-refractivity contribution in [2.75, 3.05) is 11.9 Å². The van der Waals surface area contributed by atoms with Gasteiger partial charge in [-0.2, -0.15) is 0 Å². The van der Waals surface area contributed by atoms with Crippen molar-refractivity contribution in [3.05, 3.63) is 68.7 Å². The van der Waals surface area contributed by atoms with Gasteiger partial charge in [0.2, 0.25) is 11.8 Å². The van der Waals surface area contributed by atoms with Gasteiger partial charge in [-0.3, -0.25) is 19.0 Å². The highest BCUT2D eigenvalue weighted by Crippen LogP contribution is 2.24. The number of nitrogens with one attached hydrogen (secondary N) is 1. The predicted octanol–water partition coefficient (Wildman–Crippen LogP) is 3.64. The summed E-state index contributed by atoms with van der Waals surface area (Å²) in [6.07, 6.45) is 1.24. The van der Waals surface area contributed by atoms with Gasteiger partial charge < -0.3 is 10.2 Å². The van der Waals surface area contributed by atoms with E-state index in [2.05, 4.69) is 10.3 Å². The maximum absolute atomic E-state index is 13.0. The quantitative estimate of drug-likeness (QED) is 0.646. The second kappa shape index (κ2) is 8.69. The first kappa shape index (κ1) is 21.3. The van der Waals surface area contributed by atoms with Crippen LogP contribution in [0.25, 0.3) is 10.9 Å². The largest absolute Gasteiger partial charge is 0.329 e. The zero-order chi connectivity index (χ0) is 22.1. The summed E-state index contributed by atoms with van der Waals surface area (Å²) in [5.41, 5.74) is 0.783. The number of para-hydroxylation sites is 1. The summed E-state index contributed by atoms with van der Waals surface area (Å²) >= 11 is 12.0. The van der Waals surface area contributed by atoms with E-state index in [1.54, 1.807) is 43.3 Å². The van der Waals surface area contributed by atoms with Gasteiger partial charge in [0.05, 0.1) is 10.9 Å². The van der Waals surface area contributed by atoms with E-state index in [1.807, 2.05) is 6.07 Å². The van der Waals surface area contributed by atoms with Crippen molar-refractivity contribution >= 4 is 51.6 Å². The van der Waals surface area contributed by atoms with Gasteiger partial charge in [-0.05, 0) is 50.1 Å². The van der Waals surface area contributed by atoms with Gasteiger partial charge in [-0.15, -0.1) is 0 Å². The summed E-state index contributed by atoms with van der Waals surface area (Å²) in [4.78, 5) is 44.7. The minimum atomic E-state index is -0.630. The number of aryl methyl sites for hydroxylation is 1. The number of carbonyl (C=O) groups is 2. The molecule has 1 aromatic heterocycles. The van der Waals surface area contributed by atoms with Gasteiger partial charge in [-0.1, -0.05) is 35.3 Å². The normalized spacial score (nSPS) is 16.0. The minimum Gasteiger partial charge on any atom is -0.329 e. The van der Waals surface area contributed by atoms with Crippen LogP contribution in [0.1, 0.15) is 18.7 Å². The van der Waals surface area contributed by atoms with Crippen LogP contribution in [0.3, 0.4) is 0 Å². The van der Waals surface area contributed by atoms with Gasteiger partial charge in [0, 0.05) is 22.3 Å². The van der Waals surface area contributed by atoms with Crippen LogP contribution in [0.15, 0.2) is 47.3 Å². The highest BCUT2D eigenvalue weighted by Gasteiger charge is 2.34. The van der Waals surface area contributed by atoms with E-state index < -0.39 is 6.04 Å². The number of fused-ring (bicyclic) bond motifs is 1. The Kier molecular flexibility index (Phi) is 5.98. The van der Waals surface area contributed by atoms with Crippen LogP contribution in [-0.2, 0) is 16.1 Å². The number of nitrogens with zero attached hydrogens (tertiary/aromatic N) is 3. The maximum atomic E-state index is 13.0. The van der Waals surface area contributed by atoms with Crippen LogP contribution in [0.2, 0.25) is 10.0 Å². The van der Waals surface area contributed by atoms with Crippen LogP contribution in [0.5, 0.6) is 0 Å². The second-order valence-electron chi connectivity index (χ2n) is 7.46. The Labute approximate surface area is 188 Å². The van der Waals surface area contributed by atoms with Crippen LogP contribution in [0, 0.1) is 6.92 Å². The summed E-state index contributed by atoms with van der Waals surface area (Å²) in [5.74, 6) is -0.167. The number of aromatic nitrogens is 2. The van der Waals surface area contributed by atoms with E-state index in [4.69, 9.17) is 23.2 Å². The Hall–Kier alpha value is -2.90. The van der Waals surface area contributed by atoms with Gasteiger partial charge in [0.15, 0.2) is 0 Å². The zero-order valence-electron chi connectivity index (χ0n) is 16.8. The van der Waals surface area contributed by atoms with Crippen molar-refractivity contribution in [1.29, 1.82) is 0 Å². The fourth-order valence-electron chi connectivity index (χ4n) is 3.88. The van der Waals surface area contributed by atoms with Crippen molar-refractivity contribution in [2.45, 2.75) is 32.4 Å². The van der Waals surface area contributed by atoms with Gasteiger partial charge in [0.1, 0.15) is 18.4 Å². The Balaban J connectivity index is 1.54. The first-order valence-electron chi connectivity index (χ1n) is 9.86. The van der Waals surface area contributed by atoms with E-state index >= 15 is 0 Å². The summed E-state index contributed by atoms with van der Waals surface area (Å²) in [6, 6.07) is 11.1. The molecule has 0 aliphatic carbocycles. The molecule has 0 bridgehead atoms. The fourth-order valence-corrected chi connectivity index (χ4v) is 4.41. The molecule has 2 aromatic carbocycles. The second-order valence-corrected chi connectivity index (χ2v) is 8.33. The third kappa shape index (κ3) is 4.43. The summed E-state index contributed by atoms with van der Waals surface area (Å²) < 4.78 is 1.36. The number of halogens is 2. The third-order valence-electron chi connectivity index (χ3n) is 5.35. The number of hydrogen-bond donors (Lipinski definition) is 1. The Bertz CT molecular complexity index is 1220. The molecule has 1 N–H and O–H groups in total. The molecular formula is C22H20Cl2N4O3. The van der Waals surface area contributed by atoms with Crippen LogP contribution in [0.4, 0.5) is 5.69 Å². The topological polar surface area (TPSA) is 84.3 Å². The van der Waals surface area contributed by atoms with Crippen LogP contribution < -0.4 is 10.9 Å². The molecule has 2 heterocycles. The van der Waals surface area contributed by atoms with Crippen molar-refractivity contribution in [1.82, 2.24) is 14.5 Å². The molecule has 0 spiro atoms. The number of carbonyl (C=O) groups excluding carboxylic acids is 2. The van der Waals surface area contributed by atoms with E-state index in [0.717, 1.165) is 0 Å². The molecule has 4 rings (SSSR count). The molecule has 3 aromatic rings. The molecule has 1 fully saturated rings. The smallest absolute Gasteiger partial charge is 0.261 e. The third-order valence-corrected chi connectivity index (χ3v) is 5.79. The zero-order valence-corrected chi connectivity index (χ0v) is 18.3. The minimum absolute atomic E-state index is 0.171. The lowest BCUT2D eigenvalue weighted by molar-refractivity contribution is -0.137. The average Bonchev–Trinajstić information content (AvgIpc) is 3.20. The highest BCUT2D eigenvalue weighted by atomic mass is 35.5. The van der Waals surface area contributed by atoms with Crippen molar-refractivity contribution < 1.29 is 9.59 Å². The maximum Gasteiger partial charge on any atom is 0.261 e. The van der Waals surface area contributed by atoms with E-state index in [0.29, 0.717) is 51.8 Å². The standard InChI is InChI=1S/C22H20Cl2N4O3/c1-13-25-18-6-3-2-5-17(18)22(31)28(13)12-20(29)27-8-4-7-19(27)21(30)26-16-10-14(23)9-15(24)11-16/h2-3,5-6,9-11,19H,4,7-8,12H2,1H3,(H,26,30). The highest BCUT2D eigenvalue weighted by molar-refractivity contribution is 6.35. The number of likely N-dealkylation sites (tertiary alicyclic amines) is 1. The molecule has 2 amide bonds. The lowest BCUT2D eigenvalue weighted by Gasteiger charge is -2.25. The fraction of sp³-hybridized carbons (Fsp3) is 0.273. The van der Waals surface area contributed by atoms with Gasteiger partial charge >= 0.3 is 0 Å². The lowest BCUT2D eigenvalue weighted by atomic mass is 10.2. The number of hydrogen-bond acceptors (Lipinski definition) is 4. The Morgan fingerprint density at radius 1 is 1.16 bits per heavy atom. The van der Waals surface area contributed by atoms with E-state index in [1.165, 1.54) is 9.47 Å². The number of benzene rings is 2. The summed E-state index contributed by atoms with van der Waals surface area (Å²) in [6.45, 7) is 1.97. The van der Waals surface area contributed by atoms with Crippen molar-refractivity contribution in [3.8, 4) is 0 Å². The van der Waals surface area contributed by atoms with E-state index in [9.17, 15) is 14.4 Å². The van der Waals surface area contributed by atoms with Gasteiger partial charge in [0.25, 0.3) is 5.56 Å². The Morgan fingerprint density at radius 2 is 1.87 bits per heavy atom. The molecule has 31 heavy (non-hydrogen) atoms. The number of amides is 2. The van der Waals surface area contributed by atoms with Crippen molar-refractivity contribution in [2.24, 2.45) is 0 Å². The average molecular weight is 459 g/mol. The molecular weight excluding hydrogens is 439 g/mol. The first-order valence-corrected chi connectivity index (χ1v) is 10.6. The molecule has 1 aliphatic heterocycles. The molecule has 1 unspecified atom stereocenters. The summed E-state index contributed by atoms with van der Waals surface area (Å²) in [7, 11) is 0. The number of anilines is 1. The van der Waals surface area contributed by atoms with Gasteiger partial charge in [-0.25, -0.2) is 4.98 Å². The predicted molar refractivity (Wildman–Crippen MR) is 121 cm³/mol. The molecule has 160 valence electrons. The first-order chi connectivity index (χ1) is 14.8. The molecule has 1 saturated heterocycles. The molecule has 0 radical (unpaired) electrons. The molecule has 0 saturated carbocycles. The molecule has 9 heteroatoms. The SMILES string of the molecule is Cc1nc2ccccc2c(=O)n1CC(=O)N1CCCC1C(=O)Nc1cc(Cl)cc(Cl)c1. The molecule has 7 nitrogen and oxygen atoms in total. The molecule has 1 atom stereocenters. The Morgan fingerprint density at radius 3 is 2.61 bits per heavy atom. The van der Waals surface area contributed by atoms with E-state index in [-0.39, 0.29) is 23.9 Å². The van der Waals surface area contributed by atoms with Crippen LogP contribution >= 0.6 is 23.2 Å².